The van der Waals surface area contributed by atoms with Crippen LogP contribution in [-0.4, -0.2) is 52.5 Å². The Bertz CT molecular complexity index is 1540. The van der Waals surface area contributed by atoms with Crippen molar-refractivity contribution >= 4 is 10.2 Å². The predicted molar refractivity (Wildman–Crippen MR) is 128 cm³/mol. The van der Waals surface area contributed by atoms with Crippen molar-refractivity contribution < 1.29 is 34.8 Å². The Hall–Kier alpha value is -2.97. The monoisotopic (exact) mass is 571 g/mol. The molecule has 2 aliphatic carbocycles. The van der Waals surface area contributed by atoms with Crippen LogP contribution in [0.4, 0.5) is 26.3 Å². The van der Waals surface area contributed by atoms with Gasteiger partial charge in [-0.15, -0.1) is 5.10 Å². The maximum absolute atomic E-state index is 13.5. The van der Waals surface area contributed by atoms with Crippen LogP contribution in [0.5, 0.6) is 0 Å². The first-order valence-electron chi connectivity index (χ1n) is 12.3. The molecule has 1 N–H and O–H groups in total. The second kappa shape index (κ2) is 8.77. The van der Waals surface area contributed by atoms with Gasteiger partial charge in [0.25, 0.3) is 10.2 Å². The first-order valence-corrected chi connectivity index (χ1v) is 13.8. The summed E-state index contributed by atoms with van der Waals surface area (Å²) in [5.41, 5.74) is 0.501. The van der Waals surface area contributed by atoms with Crippen molar-refractivity contribution in [3.8, 4) is 16.9 Å². The number of hydrogen-bond acceptors (Lipinski definition) is 4. The molecule has 0 amide bonds. The molecule has 3 unspecified atom stereocenters. The first-order chi connectivity index (χ1) is 18.3. The normalized spacial score (nSPS) is 26.6. The lowest BCUT2D eigenvalue weighted by Crippen LogP contribution is -2.52. The molecule has 0 radical (unpaired) electrons. The molecule has 1 saturated heterocycles. The minimum absolute atomic E-state index is 0.0565. The zero-order chi connectivity index (χ0) is 27.8. The molecule has 39 heavy (non-hydrogen) atoms. The predicted octanol–water partition coefficient (Wildman–Crippen LogP) is 4.53. The lowest BCUT2D eigenvalue weighted by atomic mass is 9.79. The van der Waals surface area contributed by atoms with E-state index in [0.29, 0.717) is 35.7 Å². The van der Waals surface area contributed by atoms with Crippen LogP contribution in [0.1, 0.15) is 29.5 Å². The Morgan fingerprint density at radius 3 is 2.36 bits per heavy atom. The summed E-state index contributed by atoms with van der Waals surface area (Å²) >= 11 is 0. The van der Waals surface area contributed by atoms with Crippen molar-refractivity contribution in [2.75, 3.05) is 13.1 Å². The van der Waals surface area contributed by atoms with Gasteiger partial charge in [-0.3, -0.25) is 0 Å². The SMILES string of the molecule is O=S1(=O)NC2(CN1CC(F)(F)F)C1CCC2Cc2cc(-n3ncc(-c4ccccc4C(F)(F)F)n3)ccc2C1. The number of nitrogens with zero attached hydrogens (tertiary/aromatic N) is 4. The van der Waals surface area contributed by atoms with Gasteiger partial charge in [-0.25, -0.2) is 0 Å². The van der Waals surface area contributed by atoms with Crippen molar-refractivity contribution in [1.29, 1.82) is 0 Å². The number of benzene rings is 2. The van der Waals surface area contributed by atoms with E-state index in [1.165, 1.54) is 29.2 Å². The van der Waals surface area contributed by atoms with Gasteiger partial charge in [-0.1, -0.05) is 24.3 Å². The third-order valence-corrected chi connectivity index (χ3v) is 9.70. The van der Waals surface area contributed by atoms with E-state index in [4.69, 9.17) is 0 Å². The van der Waals surface area contributed by atoms with Gasteiger partial charge in [-0.2, -0.15) is 53.7 Å². The highest BCUT2D eigenvalue weighted by molar-refractivity contribution is 7.87. The highest BCUT2D eigenvalue weighted by Crippen LogP contribution is 2.50. The quantitative estimate of drug-likeness (QED) is 0.469. The number of alkyl halides is 6. The molecule has 3 aromatic rings. The van der Waals surface area contributed by atoms with Gasteiger partial charge >= 0.3 is 12.4 Å². The van der Waals surface area contributed by atoms with Crippen molar-refractivity contribution in [1.82, 2.24) is 24.0 Å². The third-order valence-electron chi connectivity index (χ3n) is 8.13. The van der Waals surface area contributed by atoms with E-state index in [1.54, 1.807) is 6.07 Å². The zero-order valence-corrected chi connectivity index (χ0v) is 21.1. The molecule has 1 spiro atoms. The summed E-state index contributed by atoms with van der Waals surface area (Å²) in [6.07, 6.45) is -5.67. The van der Waals surface area contributed by atoms with Crippen LogP contribution in [0.2, 0.25) is 0 Å². The molecule has 14 heteroatoms. The molecule has 1 aliphatic heterocycles. The highest BCUT2D eigenvalue weighted by atomic mass is 32.2. The molecule has 7 nitrogen and oxygen atoms in total. The number of halogens is 6. The number of hydrogen-bond donors (Lipinski definition) is 1. The van der Waals surface area contributed by atoms with Crippen molar-refractivity contribution in [2.24, 2.45) is 11.8 Å². The standard InChI is InChI=1S/C25H23F6N5O2S/c26-24(27,28)14-35-13-23(34-39(35,37)38)17-6-7-18(23)10-16-11-19(8-5-15(16)9-17)36-32-12-22(33-36)20-3-1-2-4-21(20)25(29,30)31/h1-5,8,11-12,17-18,34H,6-7,9-10,13-14H2. The average Bonchev–Trinajstić information content (AvgIpc) is 3.47. The number of aromatic nitrogens is 3. The van der Waals surface area contributed by atoms with Gasteiger partial charge in [0.05, 0.1) is 23.0 Å². The summed E-state index contributed by atoms with van der Waals surface area (Å²) < 4.78 is 108. The molecule has 2 bridgehead atoms. The Labute approximate surface area is 220 Å². The Balaban J connectivity index is 1.30. The second-order valence-electron chi connectivity index (χ2n) is 10.4. The van der Waals surface area contributed by atoms with Crippen LogP contribution in [0, 0.1) is 11.8 Å². The topological polar surface area (TPSA) is 80.1 Å². The largest absolute Gasteiger partial charge is 0.417 e. The lowest BCUT2D eigenvalue weighted by Gasteiger charge is -2.33. The number of fused-ring (bicyclic) bond motifs is 1. The second-order valence-corrected chi connectivity index (χ2v) is 12.1. The molecule has 208 valence electrons. The fourth-order valence-corrected chi connectivity index (χ4v) is 8.13. The van der Waals surface area contributed by atoms with Crippen molar-refractivity contribution in [2.45, 2.75) is 43.6 Å². The van der Waals surface area contributed by atoms with E-state index in [1.807, 2.05) is 12.1 Å². The molecule has 2 fully saturated rings. The minimum atomic E-state index is -4.65. The van der Waals surface area contributed by atoms with Gasteiger partial charge in [0.1, 0.15) is 12.2 Å². The van der Waals surface area contributed by atoms with Crippen molar-refractivity contribution in [3.05, 3.63) is 65.4 Å². The Morgan fingerprint density at radius 1 is 0.974 bits per heavy atom. The molecular weight excluding hydrogens is 548 g/mol. The smallest absolute Gasteiger partial charge is 0.195 e. The third kappa shape index (κ3) is 4.61. The minimum Gasteiger partial charge on any atom is -0.195 e. The molecule has 2 heterocycles. The Kier molecular flexibility index (Phi) is 5.90. The summed E-state index contributed by atoms with van der Waals surface area (Å²) in [5.74, 6) is -0.386. The molecule has 1 saturated carbocycles. The fraction of sp³-hybridized carbons (Fsp3) is 0.440. The van der Waals surface area contributed by atoms with Gasteiger partial charge in [0.15, 0.2) is 0 Å². The number of nitrogens with one attached hydrogen (secondary N) is 1. The van der Waals surface area contributed by atoms with E-state index < -0.39 is 40.2 Å². The summed E-state index contributed by atoms with van der Waals surface area (Å²) in [4.78, 5) is 1.24. The molecule has 2 aromatic carbocycles. The fourth-order valence-electron chi connectivity index (χ4n) is 6.42. The van der Waals surface area contributed by atoms with Gasteiger partial charge < -0.3 is 0 Å². The summed E-state index contributed by atoms with van der Waals surface area (Å²) in [5, 5.41) is 8.45. The van der Waals surface area contributed by atoms with Gasteiger partial charge in [0.2, 0.25) is 0 Å². The van der Waals surface area contributed by atoms with E-state index in [2.05, 4.69) is 14.9 Å². The van der Waals surface area contributed by atoms with E-state index in [0.717, 1.165) is 17.2 Å². The molecule has 3 atom stereocenters. The summed E-state index contributed by atoms with van der Waals surface area (Å²) in [6.45, 7) is -1.78. The Morgan fingerprint density at radius 2 is 1.67 bits per heavy atom. The van der Waals surface area contributed by atoms with E-state index in [-0.39, 0.29) is 29.6 Å². The van der Waals surface area contributed by atoms with Crippen LogP contribution >= 0.6 is 0 Å². The zero-order valence-electron chi connectivity index (χ0n) is 20.3. The van der Waals surface area contributed by atoms with Crippen LogP contribution in [0.15, 0.2) is 48.7 Å². The van der Waals surface area contributed by atoms with Crippen molar-refractivity contribution in [3.63, 3.8) is 0 Å². The van der Waals surface area contributed by atoms with E-state index >= 15 is 0 Å². The average molecular weight is 572 g/mol. The van der Waals surface area contributed by atoms with E-state index in [9.17, 15) is 34.8 Å². The van der Waals surface area contributed by atoms with Crippen LogP contribution in [-0.2, 0) is 29.2 Å². The molecular formula is C25H23F6N5O2S. The lowest BCUT2D eigenvalue weighted by molar-refractivity contribution is -0.137. The van der Waals surface area contributed by atoms with Gasteiger partial charge in [0, 0.05) is 12.1 Å². The summed E-state index contributed by atoms with van der Waals surface area (Å²) in [7, 11) is -4.29. The van der Waals surface area contributed by atoms with Crippen LogP contribution < -0.4 is 4.72 Å². The highest BCUT2D eigenvalue weighted by Gasteiger charge is 2.60. The summed E-state index contributed by atoms with van der Waals surface area (Å²) in [6, 6.07) is 10.5. The molecule has 3 aliphatic rings. The molecule has 6 rings (SSSR count). The van der Waals surface area contributed by atoms with Crippen LogP contribution in [0.25, 0.3) is 16.9 Å². The van der Waals surface area contributed by atoms with Gasteiger partial charge in [-0.05, 0) is 66.8 Å². The maximum atomic E-state index is 13.5. The first kappa shape index (κ1) is 26.3. The molecule has 1 aromatic heterocycles. The maximum Gasteiger partial charge on any atom is 0.417 e. The van der Waals surface area contributed by atoms with Crippen LogP contribution in [0.3, 0.4) is 0 Å². The number of rotatable bonds is 3.